The highest BCUT2D eigenvalue weighted by Crippen LogP contribution is 2.12. The zero-order valence-corrected chi connectivity index (χ0v) is 8.77. The number of nitrogens with one attached hydrogen (secondary N) is 2. The van der Waals surface area contributed by atoms with E-state index in [2.05, 4.69) is 25.8 Å². The molecule has 2 heterocycles. The van der Waals surface area contributed by atoms with Crippen molar-refractivity contribution in [2.75, 3.05) is 23.4 Å². The Morgan fingerprint density at radius 2 is 2.19 bits per heavy atom. The van der Waals surface area contributed by atoms with E-state index in [0.29, 0.717) is 18.2 Å². The summed E-state index contributed by atoms with van der Waals surface area (Å²) in [6.07, 6.45) is 1.59. The van der Waals surface area contributed by atoms with Crippen LogP contribution < -0.4 is 16.4 Å². The predicted octanol–water partition coefficient (Wildman–Crippen LogP) is 0.701. The maximum Gasteiger partial charge on any atom is 0.223 e. The number of aromatic nitrogens is 3. The molecule has 2 rings (SSSR count). The van der Waals surface area contributed by atoms with E-state index in [-0.39, 0.29) is 5.95 Å². The summed E-state index contributed by atoms with van der Waals surface area (Å²) >= 11 is 0. The molecule has 0 radical (unpaired) electrons. The topological polar surface area (TPSA) is 102 Å². The fourth-order valence-electron chi connectivity index (χ4n) is 1.20. The molecule has 2 aromatic heterocycles. The molecule has 7 nitrogen and oxygen atoms in total. The lowest BCUT2D eigenvalue weighted by molar-refractivity contribution is 0.388. The maximum absolute atomic E-state index is 5.55. The minimum atomic E-state index is 0.215. The monoisotopic (exact) mass is 220 g/mol. The normalized spacial score (nSPS) is 10.1. The molecule has 84 valence electrons. The summed E-state index contributed by atoms with van der Waals surface area (Å²) in [5.41, 5.74) is 5.55. The van der Waals surface area contributed by atoms with E-state index >= 15 is 0 Å². The van der Waals surface area contributed by atoms with E-state index in [1.807, 2.05) is 0 Å². The van der Waals surface area contributed by atoms with Crippen molar-refractivity contribution in [3.05, 3.63) is 24.1 Å². The first-order valence-corrected chi connectivity index (χ1v) is 4.73. The Morgan fingerprint density at radius 1 is 1.38 bits per heavy atom. The molecule has 0 aliphatic carbocycles. The number of nitrogens with two attached hydrogens (primary N) is 1. The van der Waals surface area contributed by atoms with Crippen molar-refractivity contribution < 1.29 is 4.52 Å². The van der Waals surface area contributed by atoms with Crippen molar-refractivity contribution in [3.63, 3.8) is 0 Å². The second kappa shape index (κ2) is 4.47. The first-order valence-electron chi connectivity index (χ1n) is 4.73. The van der Waals surface area contributed by atoms with Gasteiger partial charge in [0.05, 0.1) is 12.7 Å². The fourth-order valence-corrected chi connectivity index (χ4v) is 1.20. The third-order valence-corrected chi connectivity index (χ3v) is 1.93. The molecule has 0 bridgehead atoms. The Labute approximate surface area is 92.1 Å². The van der Waals surface area contributed by atoms with E-state index in [1.165, 1.54) is 0 Å². The number of nitrogen functional groups attached to an aromatic ring is 1. The van der Waals surface area contributed by atoms with Crippen molar-refractivity contribution in [2.45, 2.75) is 6.54 Å². The van der Waals surface area contributed by atoms with E-state index in [1.54, 1.807) is 25.4 Å². The third kappa shape index (κ3) is 2.38. The molecule has 0 spiro atoms. The highest BCUT2D eigenvalue weighted by atomic mass is 16.5. The van der Waals surface area contributed by atoms with Gasteiger partial charge in [0, 0.05) is 19.2 Å². The minimum absolute atomic E-state index is 0.215. The lowest BCUT2D eigenvalue weighted by Crippen LogP contribution is -2.05. The summed E-state index contributed by atoms with van der Waals surface area (Å²) in [6.45, 7) is 0.500. The fraction of sp³-hybridized carbons (Fsp3) is 0.222. The Kier molecular flexibility index (Phi) is 2.86. The van der Waals surface area contributed by atoms with Crippen LogP contribution in [-0.2, 0) is 6.54 Å². The van der Waals surface area contributed by atoms with Gasteiger partial charge >= 0.3 is 0 Å². The largest absolute Gasteiger partial charge is 0.373 e. The SMILES string of the molecule is CNc1cc(NCc2ccno2)nc(N)n1. The molecule has 2 aromatic rings. The van der Waals surface area contributed by atoms with Gasteiger partial charge in [0.15, 0.2) is 5.76 Å². The van der Waals surface area contributed by atoms with Gasteiger partial charge in [-0.2, -0.15) is 9.97 Å². The van der Waals surface area contributed by atoms with Crippen molar-refractivity contribution in [2.24, 2.45) is 0 Å². The van der Waals surface area contributed by atoms with Gasteiger partial charge < -0.3 is 20.9 Å². The van der Waals surface area contributed by atoms with E-state index in [0.717, 1.165) is 5.76 Å². The van der Waals surface area contributed by atoms with Gasteiger partial charge in [0.25, 0.3) is 0 Å². The second-order valence-electron chi connectivity index (χ2n) is 3.08. The Morgan fingerprint density at radius 3 is 2.88 bits per heavy atom. The molecular formula is C9H12N6O. The number of rotatable bonds is 4. The van der Waals surface area contributed by atoms with E-state index in [4.69, 9.17) is 10.3 Å². The number of anilines is 3. The average molecular weight is 220 g/mol. The molecule has 0 saturated heterocycles. The Hall–Kier alpha value is -2.31. The molecule has 0 aliphatic heterocycles. The molecular weight excluding hydrogens is 208 g/mol. The lowest BCUT2D eigenvalue weighted by Gasteiger charge is -2.06. The van der Waals surface area contributed by atoms with Gasteiger partial charge in [-0.3, -0.25) is 0 Å². The summed E-state index contributed by atoms with van der Waals surface area (Å²) in [6, 6.07) is 3.53. The van der Waals surface area contributed by atoms with Gasteiger partial charge in [0.1, 0.15) is 11.6 Å². The third-order valence-electron chi connectivity index (χ3n) is 1.93. The predicted molar refractivity (Wildman–Crippen MR) is 59.8 cm³/mol. The maximum atomic E-state index is 5.55. The van der Waals surface area contributed by atoms with E-state index in [9.17, 15) is 0 Å². The quantitative estimate of drug-likeness (QED) is 0.697. The standard InChI is InChI=1S/C9H12N6O/c1-11-7-4-8(15-9(10)14-7)12-5-6-2-3-13-16-6/h2-4H,5H2,1H3,(H4,10,11,12,14,15). The number of hydrogen-bond acceptors (Lipinski definition) is 7. The van der Waals surface area contributed by atoms with Crippen LogP contribution in [0.5, 0.6) is 0 Å². The summed E-state index contributed by atoms with van der Waals surface area (Å²) in [5, 5.41) is 9.55. The highest BCUT2D eigenvalue weighted by Gasteiger charge is 2.02. The first kappa shape index (κ1) is 10.2. The molecule has 0 atom stereocenters. The van der Waals surface area contributed by atoms with Crippen molar-refractivity contribution in [3.8, 4) is 0 Å². The number of hydrogen-bond donors (Lipinski definition) is 3. The summed E-state index contributed by atoms with van der Waals surface area (Å²) in [7, 11) is 1.77. The van der Waals surface area contributed by atoms with Gasteiger partial charge in [-0.05, 0) is 0 Å². The van der Waals surface area contributed by atoms with Crippen molar-refractivity contribution in [1.82, 2.24) is 15.1 Å². The van der Waals surface area contributed by atoms with Crippen molar-refractivity contribution >= 4 is 17.6 Å². The second-order valence-corrected chi connectivity index (χ2v) is 3.08. The van der Waals surface area contributed by atoms with Crippen LogP contribution in [0.4, 0.5) is 17.6 Å². The van der Waals surface area contributed by atoms with Crippen LogP contribution in [0, 0.1) is 0 Å². The number of nitrogens with zero attached hydrogens (tertiary/aromatic N) is 3. The molecule has 0 unspecified atom stereocenters. The summed E-state index contributed by atoms with van der Waals surface area (Å²) in [4.78, 5) is 8.01. The smallest absolute Gasteiger partial charge is 0.223 e. The van der Waals surface area contributed by atoms with Crippen LogP contribution in [0.3, 0.4) is 0 Å². The van der Waals surface area contributed by atoms with Crippen LogP contribution in [0.25, 0.3) is 0 Å². The molecule has 0 aliphatic rings. The van der Waals surface area contributed by atoms with Gasteiger partial charge in [0.2, 0.25) is 5.95 Å². The van der Waals surface area contributed by atoms with Crippen molar-refractivity contribution in [1.29, 1.82) is 0 Å². The Bertz CT molecular complexity index is 455. The van der Waals surface area contributed by atoms with Crippen LogP contribution in [-0.4, -0.2) is 22.2 Å². The average Bonchev–Trinajstić information content (AvgIpc) is 2.78. The van der Waals surface area contributed by atoms with Crippen LogP contribution >= 0.6 is 0 Å². The molecule has 16 heavy (non-hydrogen) atoms. The molecule has 4 N–H and O–H groups in total. The van der Waals surface area contributed by atoms with Gasteiger partial charge in [-0.25, -0.2) is 0 Å². The molecule has 0 fully saturated rings. The minimum Gasteiger partial charge on any atom is -0.373 e. The Balaban J connectivity index is 2.06. The molecule has 0 aromatic carbocycles. The molecule has 0 saturated carbocycles. The highest BCUT2D eigenvalue weighted by molar-refractivity contribution is 5.50. The van der Waals surface area contributed by atoms with Crippen LogP contribution in [0.2, 0.25) is 0 Å². The zero-order chi connectivity index (χ0) is 11.4. The summed E-state index contributed by atoms with van der Waals surface area (Å²) in [5.74, 6) is 2.23. The molecule has 7 heteroatoms. The van der Waals surface area contributed by atoms with Gasteiger partial charge in [-0.1, -0.05) is 5.16 Å². The summed E-state index contributed by atoms with van der Waals surface area (Å²) < 4.78 is 4.94. The van der Waals surface area contributed by atoms with Crippen LogP contribution in [0.1, 0.15) is 5.76 Å². The van der Waals surface area contributed by atoms with Crippen LogP contribution in [0.15, 0.2) is 22.9 Å². The van der Waals surface area contributed by atoms with E-state index < -0.39 is 0 Å². The zero-order valence-electron chi connectivity index (χ0n) is 8.77. The molecule has 0 amide bonds. The van der Waals surface area contributed by atoms with Gasteiger partial charge in [-0.15, -0.1) is 0 Å². The first-order chi connectivity index (χ1) is 7.78. The lowest BCUT2D eigenvalue weighted by atomic mass is 10.4.